The molecule has 14 heavy (non-hydrogen) atoms. The molecule has 1 saturated carbocycles. The number of nitrogens with zero attached hydrogens (tertiary/aromatic N) is 3. The first-order valence-electron chi connectivity index (χ1n) is 4.66. The van der Waals surface area contributed by atoms with Crippen molar-refractivity contribution >= 4 is 23.1 Å². The maximum atomic E-state index is 8.92. The summed E-state index contributed by atoms with van der Waals surface area (Å²) in [6.07, 6.45) is 3.36. The highest BCUT2D eigenvalue weighted by Crippen LogP contribution is 2.39. The van der Waals surface area contributed by atoms with Crippen LogP contribution < -0.4 is 0 Å². The van der Waals surface area contributed by atoms with Gasteiger partial charge in [-0.05, 0) is 19.8 Å². The summed E-state index contributed by atoms with van der Waals surface area (Å²) >= 11 is 3.35. The van der Waals surface area contributed by atoms with E-state index in [0.29, 0.717) is 5.25 Å². The predicted octanol–water partition coefficient (Wildman–Crippen LogP) is 2.63. The highest BCUT2D eigenvalue weighted by atomic mass is 32.2. The second-order valence-corrected chi connectivity index (χ2v) is 6.08. The quantitative estimate of drug-likeness (QED) is 0.776. The summed E-state index contributed by atoms with van der Waals surface area (Å²) in [5, 5.41) is 18.4. The van der Waals surface area contributed by atoms with Crippen molar-refractivity contribution in [3.8, 4) is 6.07 Å². The van der Waals surface area contributed by atoms with Gasteiger partial charge in [-0.3, -0.25) is 0 Å². The fourth-order valence-corrected chi connectivity index (χ4v) is 4.00. The molecule has 0 saturated heterocycles. The lowest BCUT2D eigenvalue weighted by molar-refractivity contribution is 0.714. The van der Waals surface area contributed by atoms with Gasteiger partial charge in [0.1, 0.15) is 5.01 Å². The molecule has 0 bridgehead atoms. The third kappa shape index (κ3) is 2.07. The topological polar surface area (TPSA) is 49.6 Å². The fourth-order valence-electron chi connectivity index (χ4n) is 1.67. The summed E-state index contributed by atoms with van der Waals surface area (Å²) in [6.45, 7) is 1.96. The van der Waals surface area contributed by atoms with Gasteiger partial charge in [0.25, 0.3) is 0 Å². The molecule has 0 radical (unpaired) electrons. The van der Waals surface area contributed by atoms with Crippen molar-refractivity contribution in [2.24, 2.45) is 5.92 Å². The first kappa shape index (κ1) is 9.94. The molecule has 1 aliphatic rings. The second-order valence-electron chi connectivity index (χ2n) is 3.41. The van der Waals surface area contributed by atoms with Crippen LogP contribution >= 0.6 is 23.1 Å². The Balaban J connectivity index is 2.01. The highest BCUT2D eigenvalue weighted by molar-refractivity contribution is 8.01. The first-order valence-corrected chi connectivity index (χ1v) is 6.35. The van der Waals surface area contributed by atoms with Crippen LogP contribution in [0.15, 0.2) is 4.34 Å². The summed E-state index contributed by atoms with van der Waals surface area (Å²) in [5.74, 6) is 0.212. The zero-order valence-electron chi connectivity index (χ0n) is 7.93. The molecule has 5 heteroatoms. The molecule has 0 aliphatic heterocycles. The highest BCUT2D eigenvalue weighted by Gasteiger charge is 2.28. The van der Waals surface area contributed by atoms with Crippen LogP contribution in [0.5, 0.6) is 0 Å². The number of rotatable bonds is 2. The Morgan fingerprint density at radius 2 is 2.36 bits per heavy atom. The number of aryl methyl sites for hydroxylation is 1. The molecule has 0 amide bonds. The van der Waals surface area contributed by atoms with Crippen molar-refractivity contribution in [1.29, 1.82) is 5.26 Å². The lowest BCUT2D eigenvalue weighted by atomic mass is 10.1. The molecular weight excluding hydrogens is 214 g/mol. The Hall–Kier alpha value is -0.600. The van der Waals surface area contributed by atoms with Crippen molar-refractivity contribution in [3.05, 3.63) is 5.01 Å². The maximum Gasteiger partial charge on any atom is 0.174 e. The SMILES string of the molecule is Cc1nnc(SC2CCCC2C#N)s1. The molecule has 2 rings (SSSR count). The minimum Gasteiger partial charge on any atom is -0.198 e. The normalized spacial score (nSPS) is 26.3. The van der Waals surface area contributed by atoms with Gasteiger partial charge in [-0.1, -0.05) is 29.5 Å². The lowest BCUT2D eigenvalue weighted by Gasteiger charge is -2.09. The largest absolute Gasteiger partial charge is 0.198 e. The van der Waals surface area contributed by atoms with Crippen LogP contribution in [0, 0.1) is 24.2 Å². The van der Waals surface area contributed by atoms with E-state index in [4.69, 9.17) is 5.26 Å². The van der Waals surface area contributed by atoms with Crippen molar-refractivity contribution in [1.82, 2.24) is 10.2 Å². The molecule has 1 heterocycles. The molecule has 1 aliphatic carbocycles. The van der Waals surface area contributed by atoms with Gasteiger partial charge in [-0.2, -0.15) is 5.26 Å². The number of thioether (sulfide) groups is 1. The predicted molar refractivity (Wildman–Crippen MR) is 57.2 cm³/mol. The Morgan fingerprint density at radius 1 is 1.50 bits per heavy atom. The average Bonchev–Trinajstić information content (AvgIpc) is 2.76. The van der Waals surface area contributed by atoms with Gasteiger partial charge in [-0.15, -0.1) is 10.2 Å². The third-order valence-electron chi connectivity index (χ3n) is 2.38. The minimum atomic E-state index is 0.212. The summed E-state index contributed by atoms with van der Waals surface area (Å²) in [6, 6.07) is 2.38. The molecule has 1 aromatic heterocycles. The van der Waals surface area contributed by atoms with E-state index in [0.717, 1.165) is 22.2 Å². The molecule has 0 aromatic carbocycles. The molecule has 0 N–H and O–H groups in total. The smallest absolute Gasteiger partial charge is 0.174 e. The standard InChI is InChI=1S/C9H11N3S2/c1-6-11-12-9(13-6)14-8-4-2-3-7(8)5-10/h7-8H,2-4H2,1H3. The van der Waals surface area contributed by atoms with Crippen LogP contribution in [0.4, 0.5) is 0 Å². The zero-order chi connectivity index (χ0) is 9.97. The van der Waals surface area contributed by atoms with Gasteiger partial charge in [0.15, 0.2) is 4.34 Å². The summed E-state index contributed by atoms with van der Waals surface area (Å²) in [5.41, 5.74) is 0. The molecule has 1 aromatic rings. The second kappa shape index (κ2) is 4.28. The van der Waals surface area contributed by atoms with Gasteiger partial charge in [0, 0.05) is 5.25 Å². The van der Waals surface area contributed by atoms with Gasteiger partial charge >= 0.3 is 0 Å². The molecular formula is C9H11N3S2. The van der Waals surface area contributed by atoms with Gasteiger partial charge in [-0.25, -0.2) is 0 Å². The molecule has 2 unspecified atom stereocenters. The minimum absolute atomic E-state index is 0.212. The summed E-state index contributed by atoms with van der Waals surface area (Å²) in [4.78, 5) is 0. The average molecular weight is 225 g/mol. The Morgan fingerprint density at radius 3 is 3.00 bits per heavy atom. The van der Waals surface area contributed by atoms with E-state index in [1.165, 1.54) is 6.42 Å². The monoisotopic (exact) mass is 225 g/mol. The summed E-state index contributed by atoms with van der Waals surface area (Å²) in [7, 11) is 0. The number of aromatic nitrogens is 2. The van der Waals surface area contributed by atoms with Crippen LogP contribution in [0.2, 0.25) is 0 Å². The maximum absolute atomic E-state index is 8.92. The van der Waals surface area contributed by atoms with Crippen LogP contribution in [0.1, 0.15) is 24.3 Å². The van der Waals surface area contributed by atoms with E-state index in [1.54, 1.807) is 23.1 Å². The van der Waals surface area contributed by atoms with Crippen LogP contribution in [0.25, 0.3) is 0 Å². The molecule has 3 nitrogen and oxygen atoms in total. The van der Waals surface area contributed by atoms with E-state index < -0.39 is 0 Å². The van der Waals surface area contributed by atoms with Gasteiger partial charge in [0.2, 0.25) is 0 Å². The first-order chi connectivity index (χ1) is 6.79. The van der Waals surface area contributed by atoms with E-state index in [-0.39, 0.29) is 5.92 Å². The van der Waals surface area contributed by atoms with Crippen LogP contribution in [0.3, 0.4) is 0 Å². The molecule has 2 atom stereocenters. The Kier molecular flexibility index (Phi) is 3.04. The van der Waals surface area contributed by atoms with E-state index in [2.05, 4.69) is 16.3 Å². The Labute approximate surface area is 91.5 Å². The van der Waals surface area contributed by atoms with Crippen molar-refractivity contribution < 1.29 is 0 Å². The molecule has 1 fully saturated rings. The van der Waals surface area contributed by atoms with E-state index in [9.17, 15) is 0 Å². The van der Waals surface area contributed by atoms with Gasteiger partial charge < -0.3 is 0 Å². The number of nitriles is 1. The molecule has 74 valence electrons. The fraction of sp³-hybridized carbons (Fsp3) is 0.667. The van der Waals surface area contributed by atoms with Crippen molar-refractivity contribution in [2.45, 2.75) is 35.8 Å². The van der Waals surface area contributed by atoms with E-state index in [1.807, 2.05) is 6.92 Å². The number of hydrogen-bond acceptors (Lipinski definition) is 5. The van der Waals surface area contributed by atoms with Gasteiger partial charge in [0.05, 0.1) is 12.0 Å². The summed E-state index contributed by atoms with van der Waals surface area (Å²) < 4.78 is 1.01. The van der Waals surface area contributed by atoms with E-state index >= 15 is 0 Å². The molecule has 0 spiro atoms. The Bertz CT molecular complexity index is 355. The zero-order valence-corrected chi connectivity index (χ0v) is 9.57. The number of hydrogen-bond donors (Lipinski definition) is 0. The third-order valence-corrected chi connectivity index (χ3v) is 4.70. The van der Waals surface area contributed by atoms with Crippen LogP contribution in [-0.2, 0) is 0 Å². The van der Waals surface area contributed by atoms with Crippen molar-refractivity contribution in [3.63, 3.8) is 0 Å². The van der Waals surface area contributed by atoms with Crippen molar-refractivity contribution in [2.75, 3.05) is 0 Å². The van der Waals surface area contributed by atoms with Crippen LogP contribution in [-0.4, -0.2) is 15.4 Å². The lowest BCUT2D eigenvalue weighted by Crippen LogP contribution is -2.06.